The van der Waals surface area contributed by atoms with Gasteiger partial charge in [-0.3, -0.25) is 4.79 Å². The highest BCUT2D eigenvalue weighted by Gasteiger charge is 2.47. The van der Waals surface area contributed by atoms with E-state index < -0.39 is 12.2 Å². The molecule has 0 aromatic heterocycles. The molecule has 0 bridgehead atoms. The summed E-state index contributed by atoms with van der Waals surface area (Å²) in [5, 5.41) is 0. The molecular weight excluding hydrogens is 272 g/mol. The molecule has 0 aromatic rings. The fourth-order valence-electron chi connectivity index (χ4n) is 2.64. The second-order valence-corrected chi connectivity index (χ2v) is 4.84. The third-order valence-corrected chi connectivity index (χ3v) is 3.49. The minimum Gasteiger partial charge on any atom is -0.457 e. The van der Waals surface area contributed by atoms with Crippen molar-refractivity contribution >= 4 is 5.97 Å². The number of hydrogen-bond acceptors (Lipinski definition) is 8. The normalized spacial score (nSPS) is 41.8. The largest absolute Gasteiger partial charge is 0.457 e. The first-order chi connectivity index (χ1) is 9.75. The van der Waals surface area contributed by atoms with Gasteiger partial charge in [0.1, 0.15) is 44.8 Å². The molecule has 0 aliphatic carbocycles. The molecular formula is C12H18O8. The third kappa shape index (κ3) is 2.95. The van der Waals surface area contributed by atoms with E-state index in [1.165, 1.54) is 6.92 Å². The number of ether oxygens (including phenoxy) is 7. The zero-order valence-corrected chi connectivity index (χ0v) is 11.2. The molecule has 0 amide bonds. The minimum absolute atomic E-state index is 0.131. The van der Waals surface area contributed by atoms with Gasteiger partial charge in [-0.15, -0.1) is 0 Å². The van der Waals surface area contributed by atoms with E-state index >= 15 is 0 Å². The van der Waals surface area contributed by atoms with Crippen LogP contribution in [-0.2, 0) is 38.0 Å². The average molecular weight is 290 g/mol. The fraction of sp³-hybridized carbons (Fsp3) is 0.917. The van der Waals surface area contributed by atoms with Crippen LogP contribution in [0.5, 0.6) is 0 Å². The Balaban J connectivity index is 1.72. The number of carbonyl (C=O) groups excluding carboxylic acids is 1. The van der Waals surface area contributed by atoms with Gasteiger partial charge in [0, 0.05) is 6.92 Å². The predicted octanol–water partition coefficient (Wildman–Crippen LogP) is -0.595. The lowest BCUT2D eigenvalue weighted by Gasteiger charge is -2.45. The van der Waals surface area contributed by atoms with Crippen molar-refractivity contribution in [2.75, 3.05) is 33.6 Å². The highest BCUT2D eigenvalue weighted by atomic mass is 16.8. The highest BCUT2D eigenvalue weighted by molar-refractivity contribution is 5.66. The summed E-state index contributed by atoms with van der Waals surface area (Å²) in [6, 6.07) is 0. The van der Waals surface area contributed by atoms with Crippen molar-refractivity contribution in [3.63, 3.8) is 0 Å². The Morgan fingerprint density at radius 2 is 1.60 bits per heavy atom. The van der Waals surface area contributed by atoms with Gasteiger partial charge in [0.25, 0.3) is 0 Å². The maximum absolute atomic E-state index is 11.2. The molecule has 3 heterocycles. The molecule has 8 heteroatoms. The molecule has 114 valence electrons. The molecule has 0 N–H and O–H groups in total. The van der Waals surface area contributed by atoms with Gasteiger partial charge in [0.05, 0.1) is 13.2 Å². The van der Waals surface area contributed by atoms with Crippen LogP contribution >= 0.6 is 0 Å². The Kier molecular flexibility index (Phi) is 4.49. The molecule has 0 spiro atoms. The van der Waals surface area contributed by atoms with E-state index in [0.29, 0.717) is 6.61 Å². The van der Waals surface area contributed by atoms with Gasteiger partial charge in [-0.05, 0) is 0 Å². The van der Waals surface area contributed by atoms with Crippen molar-refractivity contribution in [1.82, 2.24) is 0 Å². The van der Waals surface area contributed by atoms with Crippen LogP contribution in [0.1, 0.15) is 6.92 Å². The average Bonchev–Trinajstić information content (AvgIpc) is 2.47. The molecule has 0 aromatic carbocycles. The summed E-state index contributed by atoms with van der Waals surface area (Å²) in [4.78, 5) is 11.2. The van der Waals surface area contributed by atoms with Gasteiger partial charge in [0.2, 0.25) is 0 Å². The first kappa shape index (κ1) is 14.2. The maximum atomic E-state index is 11.2. The number of rotatable bonds is 2. The fourth-order valence-corrected chi connectivity index (χ4v) is 2.64. The summed E-state index contributed by atoms with van der Waals surface area (Å²) in [6.07, 6.45) is -1.85. The van der Waals surface area contributed by atoms with Crippen molar-refractivity contribution < 1.29 is 38.0 Å². The van der Waals surface area contributed by atoms with E-state index in [1.54, 1.807) is 0 Å². The van der Waals surface area contributed by atoms with Gasteiger partial charge in [-0.2, -0.15) is 0 Å². The van der Waals surface area contributed by atoms with Crippen LogP contribution < -0.4 is 0 Å². The van der Waals surface area contributed by atoms with E-state index in [2.05, 4.69) is 0 Å². The Bertz CT molecular complexity index is 346. The van der Waals surface area contributed by atoms with Crippen LogP contribution in [0.15, 0.2) is 0 Å². The number of fused-ring (bicyclic) bond motifs is 1. The summed E-state index contributed by atoms with van der Waals surface area (Å²) in [5.74, 6) is -0.384. The van der Waals surface area contributed by atoms with E-state index in [9.17, 15) is 4.79 Å². The van der Waals surface area contributed by atoms with Crippen LogP contribution in [0.2, 0.25) is 0 Å². The molecule has 3 saturated heterocycles. The molecule has 5 unspecified atom stereocenters. The molecule has 8 nitrogen and oxygen atoms in total. The zero-order valence-electron chi connectivity index (χ0n) is 11.2. The topological polar surface area (TPSA) is 81.7 Å². The van der Waals surface area contributed by atoms with Crippen LogP contribution in [-0.4, -0.2) is 70.1 Å². The van der Waals surface area contributed by atoms with Crippen LogP contribution in [0, 0.1) is 0 Å². The van der Waals surface area contributed by atoms with Gasteiger partial charge in [-0.25, -0.2) is 0 Å². The molecule has 0 radical (unpaired) electrons. The summed E-state index contributed by atoms with van der Waals surface area (Å²) in [6.45, 7) is 2.53. The molecule has 0 saturated carbocycles. The number of hydrogen-bond donors (Lipinski definition) is 0. The molecule has 3 aliphatic rings. The van der Waals surface area contributed by atoms with Crippen LogP contribution in [0.3, 0.4) is 0 Å². The minimum atomic E-state index is -0.517. The standard InChI is InChI=1S/C12H18O8/c1-7(13)20-9-3-15-5-18-11(9)12-10-8(16-6-19-12)2-14-4-17-10/h8-12H,2-6H2,1H3. The second kappa shape index (κ2) is 6.33. The summed E-state index contributed by atoms with van der Waals surface area (Å²) < 4.78 is 37.9. The molecule has 3 rings (SSSR count). The first-order valence-corrected chi connectivity index (χ1v) is 6.55. The SMILES string of the molecule is CC(=O)OC1COCOC1C1OCOC2COCOC21. The Labute approximate surface area is 116 Å². The predicted molar refractivity (Wildman–Crippen MR) is 61.6 cm³/mol. The molecule has 5 atom stereocenters. The maximum Gasteiger partial charge on any atom is 0.303 e. The van der Waals surface area contributed by atoms with E-state index in [1.807, 2.05) is 0 Å². The van der Waals surface area contributed by atoms with Gasteiger partial charge >= 0.3 is 5.97 Å². The van der Waals surface area contributed by atoms with Crippen molar-refractivity contribution in [3.05, 3.63) is 0 Å². The van der Waals surface area contributed by atoms with Crippen LogP contribution in [0.25, 0.3) is 0 Å². The lowest BCUT2D eigenvalue weighted by atomic mass is 9.97. The quantitative estimate of drug-likeness (QED) is 0.624. The highest BCUT2D eigenvalue weighted by Crippen LogP contribution is 2.28. The second-order valence-electron chi connectivity index (χ2n) is 4.84. The lowest BCUT2D eigenvalue weighted by molar-refractivity contribution is -0.334. The Morgan fingerprint density at radius 3 is 2.40 bits per heavy atom. The smallest absolute Gasteiger partial charge is 0.303 e. The van der Waals surface area contributed by atoms with Crippen molar-refractivity contribution in [2.24, 2.45) is 0 Å². The molecule has 3 aliphatic heterocycles. The summed E-state index contributed by atoms with van der Waals surface area (Å²) in [7, 11) is 0. The van der Waals surface area contributed by atoms with E-state index in [4.69, 9.17) is 33.2 Å². The van der Waals surface area contributed by atoms with E-state index in [0.717, 1.165) is 0 Å². The number of carbonyl (C=O) groups is 1. The summed E-state index contributed by atoms with van der Waals surface area (Å²) >= 11 is 0. The van der Waals surface area contributed by atoms with Crippen molar-refractivity contribution in [3.8, 4) is 0 Å². The Morgan fingerprint density at radius 1 is 0.900 bits per heavy atom. The van der Waals surface area contributed by atoms with Crippen molar-refractivity contribution in [1.29, 1.82) is 0 Å². The Hall–Kier alpha value is -0.770. The monoisotopic (exact) mass is 290 g/mol. The zero-order chi connectivity index (χ0) is 13.9. The first-order valence-electron chi connectivity index (χ1n) is 6.55. The van der Waals surface area contributed by atoms with Gasteiger partial charge < -0.3 is 33.2 Å². The third-order valence-electron chi connectivity index (χ3n) is 3.49. The van der Waals surface area contributed by atoms with E-state index in [-0.39, 0.29) is 51.3 Å². The van der Waals surface area contributed by atoms with Gasteiger partial charge in [0.15, 0.2) is 6.10 Å². The van der Waals surface area contributed by atoms with Crippen LogP contribution in [0.4, 0.5) is 0 Å². The number of esters is 1. The lowest BCUT2D eigenvalue weighted by Crippen LogP contribution is -2.61. The van der Waals surface area contributed by atoms with Gasteiger partial charge in [-0.1, -0.05) is 0 Å². The summed E-state index contributed by atoms with van der Waals surface area (Å²) in [5.41, 5.74) is 0. The molecule has 3 fully saturated rings. The van der Waals surface area contributed by atoms with Crippen molar-refractivity contribution in [2.45, 2.75) is 37.4 Å². The molecule has 20 heavy (non-hydrogen) atoms.